The van der Waals surface area contributed by atoms with Crippen molar-refractivity contribution in [1.82, 2.24) is 9.47 Å². The van der Waals surface area contributed by atoms with Crippen LogP contribution in [0.5, 0.6) is 5.75 Å². The number of hydrogen-bond acceptors (Lipinski definition) is 8. The minimum Gasteiger partial charge on any atom is -0.461 e. The summed E-state index contributed by atoms with van der Waals surface area (Å²) in [4.78, 5) is 2.11. The number of piperidine rings is 1. The first-order chi connectivity index (χ1) is 20.9. The minimum absolute atomic E-state index is 0.0306. The van der Waals surface area contributed by atoms with Gasteiger partial charge in [-0.25, -0.2) is 12.8 Å². The van der Waals surface area contributed by atoms with Crippen molar-refractivity contribution in [3.63, 3.8) is 0 Å². The number of hydrogen-bond donors (Lipinski definition) is 3. The molecule has 9 nitrogen and oxygen atoms in total. The monoisotopic (exact) mass is 640 g/mol. The highest BCUT2D eigenvalue weighted by Gasteiger charge is 2.30. The second kappa shape index (κ2) is 14.5. The van der Waals surface area contributed by atoms with Crippen molar-refractivity contribution in [3.8, 4) is 17.6 Å². The van der Waals surface area contributed by atoms with Crippen LogP contribution in [-0.4, -0.2) is 94.3 Å². The van der Waals surface area contributed by atoms with Crippen molar-refractivity contribution >= 4 is 32.1 Å². The third kappa shape index (κ3) is 9.01. The SMILES string of the molecule is COC[C@H](O)CN1CCC(Nc2cccc3c2cc(C#CCNc2ccc(S(C)(=O)=O)cc2OCF)n3CC(F)(F)F)CC1. The Morgan fingerprint density at radius 1 is 1.14 bits per heavy atom. The first kappa shape index (κ1) is 33.4. The van der Waals surface area contributed by atoms with Crippen LogP contribution in [0.15, 0.2) is 47.4 Å². The summed E-state index contributed by atoms with van der Waals surface area (Å²) in [6.45, 7) is -0.117. The Hall–Kier alpha value is -3.51. The van der Waals surface area contributed by atoms with Gasteiger partial charge in [0.2, 0.25) is 6.86 Å². The molecule has 14 heteroatoms. The summed E-state index contributed by atoms with van der Waals surface area (Å²) < 4.78 is 88.4. The first-order valence-corrected chi connectivity index (χ1v) is 15.9. The zero-order valence-electron chi connectivity index (χ0n) is 24.5. The minimum atomic E-state index is -4.48. The van der Waals surface area contributed by atoms with Gasteiger partial charge in [-0.1, -0.05) is 12.0 Å². The molecule has 2 aromatic carbocycles. The van der Waals surface area contributed by atoms with Crippen LogP contribution < -0.4 is 15.4 Å². The zero-order chi connectivity index (χ0) is 31.9. The van der Waals surface area contributed by atoms with Gasteiger partial charge in [-0.15, -0.1) is 0 Å². The Kier molecular flexibility index (Phi) is 11.0. The summed E-state index contributed by atoms with van der Waals surface area (Å²) in [5.41, 5.74) is 1.55. The average Bonchev–Trinajstić information content (AvgIpc) is 3.29. The number of aromatic nitrogens is 1. The number of benzene rings is 2. The van der Waals surface area contributed by atoms with E-state index in [2.05, 4.69) is 27.4 Å². The van der Waals surface area contributed by atoms with E-state index in [0.717, 1.165) is 36.8 Å². The van der Waals surface area contributed by atoms with Gasteiger partial charge in [-0.3, -0.25) is 0 Å². The molecule has 240 valence electrons. The number of nitrogens with one attached hydrogen (secondary N) is 2. The number of halogens is 4. The van der Waals surface area contributed by atoms with E-state index < -0.39 is 35.5 Å². The van der Waals surface area contributed by atoms with Gasteiger partial charge in [0.1, 0.15) is 12.3 Å². The maximum atomic E-state index is 13.6. The van der Waals surface area contributed by atoms with Crippen LogP contribution in [0.1, 0.15) is 18.5 Å². The van der Waals surface area contributed by atoms with E-state index >= 15 is 0 Å². The normalized spacial score (nSPS) is 15.5. The van der Waals surface area contributed by atoms with Crippen molar-refractivity contribution in [2.24, 2.45) is 0 Å². The Bertz CT molecular complexity index is 1590. The van der Waals surface area contributed by atoms with Crippen molar-refractivity contribution < 1.29 is 40.6 Å². The molecule has 1 aliphatic heterocycles. The standard InChI is InChI=1S/C30H36F4N4O5S/c1-42-18-23(39)17-37-13-10-21(11-14-37)36-26-6-3-7-28-25(26)15-22(38(28)19-30(32,33)34)5-4-12-35-27-9-8-24(44(2,40)41)16-29(27)43-20-31/h3,6-9,15-16,21,23,35-36,39H,10-14,17-20H2,1-2H3/t23-/m1/s1. The maximum Gasteiger partial charge on any atom is 0.406 e. The number of ether oxygens (including phenoxy) is 2. The predicted molar refractivity (Wildman–Crippen MR) is 160 cm³/mol. The number of fused-ring (bicyclic) bond motifs is 1. The number of aliphatic hydroxyl groups is 1. The highest BCUT2D eigenvalue weighted by Crippen LogP contribution is 2.32. The lowest BCUT2D eigenvalue weighted by atomic mass is 10.0. The molecule has 3 N–H and O–H groups in total. The van der Waals surface area contributed by atoms with Crippen LogP contribution in [-0.2, 0) is 21.1 Å². The van der Waals surface area contributed by atoms with Gasteiger partial charge < -0.3 is 34.7 Å². The van der Waals surface area contributed by atoms with Crippen LogP contribution in [0.4, 0.5) is 28.9 Å². The number of likely N-dealkylation sites (tertiary alicyclic amines) is 1. The summed E-state index contributed by atoms with van der Waals surface area (Å²) >= 11 is 0. The molecule has 0 bridgehead atoms. The molecule has 0 spiro atoms. The largest absolute Gasteiger partial charge is 0.461 e. The molecule has 0 amide bonds. The van der Waals surface area contributed by atoms with E-state index in [0.29, 0.717) is 23.1 Å². The smallest absolute Gasteiger partial charge is 0.406 e. The van der Waals surface area contributed by atoms with Crippen molar-refractivity contribution in [2.45, 2.75) is 42.6 Å². The molecule has 1 fully saturated rings. The van der Waals surface area contributed by atoms with Crippen molar-refractivity contribution in [2.75, 3.05) is 63.6 Å². The van der Waals surface area contributed by atoms with Crippen LogP contribution in [0.3, 0.4) is 0 Å². The Morgan fingerprint density at radius 2 is 1.89 bits per heavy atom. The molecule has 1 aromatic heterocycles. The van der Waals surface area contributed by atoms with Gasteiger partial charge in [-0.05, 0) is 49.1 Å². The highest BCUT2D eigenvalue weighted by atomic mass is 32.2. The van der Waals surface area contributed by atoms with E-state index in [-0.39, 0.29) is 41.2 Å². The number of sulfone groups is 1. The third-order valence-corrected chi connectivity index (χ3v) is 8.34. The zero-order valence-corrected chi connectivity index (χ0v) is 25.3. The summed E-state index contributed by atoms with van der Waals surface area (Å²) in [5, 5.41) is 17.0. The topological polar surface area (TPSA) is 105 Å². The summed E-state index contributed by atoms with van der Waals surface area (Å²) in [5.74, 6) is 5.60. The molecule has 4 rings (SSSR count). The molecule has 3 aromatic rings. The molecule has 0 saturated carbocycles. The summed E-state index contributed by atoms with van der Waals surface area (Å²) in [6, 6.07) is 10.8. The molecular weight excluding hydrogens is 604 g/mol. The number of nitrogens with zero attached hydrogens (tertiary/aromatic N) is 2. The average molecular weight is 641 g/mol. The van der Waals surface area contributed by atoms with Gasteiger partial charge in [0, 0.05) is 56.2 Å². The number of anilines is 2. The molecular formula is C30H36F4N4O5S. The Morgan fingerprint density at radius 3 is 2.55 bits per heavy atom. The lowest BCUT2D eigenvalue weighted by Crippen LogP contribution is -2.43. The first-order valence-electron chi connectivity index (χ1n) is 14.0. The molecule has 44 heavy (non-hydrogen) atoms. The lowest BCUT2D eigenvalue weighted by Gasteiger charge is -2.34. The fourth-order valence-electron chi connectivity index (χ4n) is 5.22. The molecule has 0 radical (unpaired) electrons. The maximum absolute atomic E-state index is 13.6. The van der Waals surface area contributed by atoms with Gasteiger partial charge >= 0.3 is 6.18 Å². The van der Waals surface area contributed by atoms with Crippen molar-refractivity contribution in [1.29, 1.82) is 0 Å². The van der Waals surface area contributed by atoms with Gasteiger partial charge in [0.15, 0.2) is 9.84 Å². The summed E-state index contributed by atoms with van der Waals surface area (Å²) in [7, 11) is -2.01. The fourth-order valence-corrected chi connectivity index (χ4v) is 5.85. The lowest BCUT2D eigenvalue weighted by molar-refractivity contribution is -0.140. The van der Waals surface area contributed by atoms with Gasteiger partial charge in [-0.2, -0.15) is 13.2 Å². The Balaban J connectivity index is 1.52. The number of alkyl halides is 4. The molecule has 0 unspecified atom stereocenters. The molecule has 1 aliphatic rings. The van der Waals surface area contributed by atoms with Crippen LogP contribution >= 0.6 is 0 Å². The molecule has 0 aliphatic carbocycles. The second-order valence-corrected chi connectivity index (χ2v) is 12.7. The van der Waals surface area contributed by atoms with E-state index in [9.17, 15) is 31.1 Å². The van der Waals surface area contributed by atoms with E-state index in [1.165, 1.54) is 18.2 Å². The van der Waals surface area contributed by atoms with Crippen molar-refractivity contribution in [3.05, 3.63) is 48.2 Å². The Labute approximate surface area is 254 Å². The van der Waals surface area contributed by atoms with Crippen LogP contribution in [0.25, 0.3) is 10.9 Å². The van der Waals surface area contributed by atoms with E-state index in [4.69, 9.17) is 9.47 Å². The quantitative estimate of drug-likeness (QED) is 0.199. The van der Waals surface area contributed by atoms with E-state index in [1.54, 1.807) is 25.3 Å². The number of β-amino-alcohol motifs (C(OH)–C–C–N with tert-alkyl or cyclic N) is 1. The van der Waals surface area contributed by atoms with Crippen LogP contribution in [0.2, 0.25) is 0 Å². The molecule has 2 heterocycles. The number of aliphatic hydroxyl groups excluding tert-OH is 1. The number of rotatable bonds is 12. The number of methoxy groups -OCH3 is 1. The predicted octanol–water partition coefficient (Wildman–Crippen LogP) is 4.26. The van der Waals surface area contributed by atoms with E-state index in [1.807, 2.05) is 6.07 Å². The molecule has 1 atom stereocenters. The van der Waals surface area contributed by atoms with Crippen LogP contribution in [0, 0.1) is 11.8 Å². The fraction of sp³-hybridized carbons (Fsp3) is 0.467. The second-order valence-electron chi connectivity index (χ2n) is 10.6. The molecule has 1 saturated heterocycles. The summed E-state index contributed by atoms with van der Waals surface area (Å²) in [6.07, 6.45) is -2.42. The third-order valence-electron chi connectivity index (χ3n) is 7.23. The van der Waals surface area contributed by atoms with Gasteiger partial charge in [0.05, 0.1) is 41.0 Å². The highest BCUT2D eigenvalue weighted by molar-refractivity contribution is 7.90. The van der Waals surface area contributed by atoms with Gasteiger partial charge in [0.25, 0.3) is 0 Å².